The number of ether oxygens (including phenoxy) is 1. The van der Waals surface area contributed by atoms with E-state index in [2.05, 4.69) is 0 Å². The Bertz CT molecular complexity index is 375. The van der Waals surface area contributed by atoms with Gasteiger partial charge in [-0.25, -0.2) is 0 Å². The molecule has 1 saturated carbocycles. The van der Waals surface area contributed by atoms with Gasteiger partial charge in [0.2, 0.25) is 0 Å². The molecule has 1 aromatic carbocycles. The van der Waals surface area contributed by atoms with Crippen molar-refractivity contribution in [3.05, 3.63) is 35.9 Å². The third-order valence-corrected chi connectivity index (χ3v) is 3.64. The maximum atomic E-state index is 11.9. The van der Waals surface area contributed by atoms with Gasteiger partial charge in [0.05, 0.1) is 5.92 Å². The second kappa shape index (κ2) is 6.55. The van der Waals surface area contributed by atoms with Crippen LogP contribution in [-0.2, 0) is 16.1 Å². The Labute approximate surface area is 108 Å². The molecule has 2 rings (SSSR count). The maximum absolute atomic E-state index is 11.9. The fourth-order valence-electron chi connectivity index (χ4n) is 2.58. The molecule has 0 aliphatic heterocycles. The van der Waals surface area contributed by atoms with Gasteiger partial charge in [0.1, 0.15) is 6.61 Å². The van der Waals surface area contributed by atoms with Crippen molar-refractivity contribution in [1.29, 1.82) is 0 Å². The van der Waals surface area contributed by atoms with Crippen LogP contribution in [0.25, 0.3) is 0 Å². The molecule has 0 heterocycles. The van der Waals surface area contributed by atoms with Crippen molar-refractivity contribution < 1.29 is 14.6 Å². The zero-order valence-corrected chi connectivity index (χ0v) is 10.5. The first kappa shape index (κ1) is 13.1. The molecule has 0 radical (unpaired) electrons. The molecule has 1 aliphatic rings. The molecule has 0 aromatic heterocycles. The Morgan fingerprint density at radius 2 is 2.06 bits per heavy atom. The number of esters is 1. The summed E-state index contributed by atoms with van der Waals surface area (Å²) >= 11 is 0. The Morgan fingerprint density at radius 3 is 2.78 bits per heavy atom. The number of benzene rings is 1. The standard InChI is InChI=1S/C15H20O3/c16-9-8-12-6-7-14(10-12)15(17)18-11-13-4-2-1-3-5-13/h1-5,12,14,16H,6-11H2. The topological polar surface area (TPSA) is 46.5 Å². The highest BCUT2D eigenvalue weighted by Gasteiger charge is 2.30. The summed E-state index contributed by atoms with van der Waals surface area (Å²) in [5.74, 6) is 0.439. The van der Waals surface area contributed by atoms with E-state index >= 15 is 0 Å². The summed E-state index contributed by atoms with van der Waals surface area (Å²) < 4.78 is 5.34. The van der Waals surface area contributed by atoms with Crippen molar-refractivity contribution in [2.45, 2.75) is 32.3 Å². The molecule has 2 atom stereocenters. The average molecular weight is 248 g/mol. The summed E-state index contributed by atoms with van der Waals surface area (Å²) in [6, 6.07) is 9.74. The predicted octanol–water partition coefficient (Wildman–Crippen LogP) is 2.53. The van der Waals surface area contributed by atoms with E-state index < -0.39 is 0 Å². The first-order valence-electron chi connectivity index (χ1n) is 6.61. The number of aliphatic hydroxyl groups is 1. The highest BCUT2D eigenvalue weighted by molar-refractivity contribution is 5.72. The van der Waals surface area contributed by atoms with Crippen LogP contribution in [0.1, 0.15) is 31.2 Å². The van der Waals surface area contributed by atoms with Crippen LogP contribution < -0.4 is 0 Å². The van der Waals surface area contributed by atoms with Crippen LogP contribution in [0.4, 0.5) is 0 Å². The molecule has 1 aromatic rings. The summed E-state index contributed by atoms with van der Waals surface area (Å²) in [6.07, 6.45) is 3.61. The molecule has 0 amide bonds. The lowest BCUT2D eigenvalue weighted by atomic mass is 10.0. The van der Waals surface area contributed by atoms with Gasteiger partial charge in [0.25, 0.3) is 0 Å². The van der Waals surface area contributed by atoms with E-state index in [9.17, 15) is 4.79 Å². The first-order chi connectivity index (χ1) is 8.79. The lowest BCUT2D eigenvalue weighted by molar-refractivity contribution is -0.149. The summed E-state index contributed by atoms with van der Waals surface area (Å²) in [7, 11) is 0. The fraction of sp³-hybridized carbons (Fsp3) is 0.533. The highest BCUT2D eigenvalue weighted by Crippen LogP contribution is 2.33. The quantitative estimate of drug-likeness (QED) is 0.814. The van der Waals surface area contributed by atoms with Crippen LogP contribution >= 0.6 is 0 Å². The zero-order chi connectivity index (χ0) is 12.8. The number of carbonyl (C=O) groups excluding carboxylic acids is 1. The maximum Gasteiger partial charge on any atom is 0.309 e. The van der Waals surface area contributed by atoms with Gasteiger partial charge in [-0.15, -0.1) is 0 Å². The van der Waals surface area contributed by atoms with Gasteiger partial charge < -0.3 is 9.84 Å². The van der Waals surface area contributed by atoms with Gasteiger partial charge in [-0.1, -0.05) is 30.3 Å². The van der Waals surface area contributed by atoms with E-state index in [0.717, 1.165) is 31.2 Å². The Morgan fingerprint density at radius 1 is 1.28 bits per heavy atom. The van der Waals surface area contributed by atoms with Crippen molar-refractivity contribution in [2.75, 3.05) is 6.61 Å². The molecular formula is C15H20O3. The van der Waals surface area contributed by atoms with Crippen LogP contribution in [0.15, 0.2) is 30.3 Å². The van der Waals surface area contributed by atoms with E-state index in [0.29, 0.717) is 12.5 Å². The number of hydrogen-bond acceptors (Lipinski definition) is 3. The van der Waals surface area contributed by atoms with Crippen molar-refractivity contribution in [3.63, 3.8) is 0 Å². The molecule has 0 spiro atoms. The summed E-state index contributed by atoms with van der Waals surface area (Å²) in [6.45, 7) is 0.581. The molecule has 2 unspecified atom stereocenters. The molecule has 18 heavy (non-hydrogen) atoms. The van der Waals surface area contributed by atoms with Gasteiger partial charge in [-0.05, 0) is 37.2 Å². The van der Waals surface area contributed by atoms with Gasteiger partial charge >= 0.3 is 5.97 Å². The van der Waals surface area contributed by atoms with E-state index in [1.807, 2.05) is 30.3 Å². The molecule has 98 valence electrons. The lowest BCUT2D eigenvalue weighted by Gasteiger charge is -2.10. The van der Waals surface area contributed by atoms with Gasteiger partial charge in [-0.3, -0.25) is 4.79 Å². The molecule has 0 bridgehead atoms. The molecule has 0 saturated heterocycles. The largest absolute Gasteiger partial charge is 0.461 e. The summed E-state index contributed by atoms with van der Waals surface area (Å²) in [5.41, 5.74) is 1.02. The normalized spacial score (nSPS) is 22.9. The van der Waals surface area contributed by atoms with Crippen LogP contribution in [0, 0.1) is 11.8 Å². The van der Waals surface area contributed by atoms with E-state index in [1.54, 1.807) is 0 Å². The lowest BCUT2D eigenvalue weighted by Crippen LogP contribution is -2.15. The SMILES string of the molecule is O=C(OCc1ccccc1)C1CCC(CCO)C1. The molecule has 1 fully saturated rings. The molecular weight excluding hydrogens is 228 g/mol. The second-order valence-electron chi connectivity index (χ2n) is 4.98. The van der Waals surface area contributed by atoms with Gasteiger partial charge in [-0.2, -0.15) is 0 Å². The third-order valence-electron chi connectivity index (χ3n) is 3.64. The minimum atomic E-state index is -0.0840. The van der Waals surface area contributed by atoms with Crippen LogP contribution in [0.2, 0.25) is 0 Å². The van der Waals surface area contributed by atoms with Crippen molar-refractivity contribution in [2.24, 2.45) is 11.8 Å². The van der Waals surface area contributed by atoms with Gasteiger partial charge in [0, 0.05) is 6.61 Å². The molecule has 1 aliphatic carbocycles. The second-order valence-corrected chi connectivity index (χ2v) is 4.98. The predicted molar refractivity (Wildman–Crippen MR) is 68.8 cm³/mol. The number of rotatable bonds is 5. The first-order valence-corrected chi connectivity index (χ1v) is 6.61. The van der Waals surface area contributed by atoms with E-state index in [1.165, 1.54) is 0 Å². The number of carbonyl (C=O) groups is 1. The van der Waals surface area contributed by atoms with E-state index in [4.69, 9.17) is 9.84 Å². The zero-order valence-electron chi connectivity index (χ0n) is 10.5. The minimum absolute atomic E-state index is 0.0327. The van der Waals surface area contributed by atoms with Crippen molar-refractivity contribution in [1.82, 2.24) is 0 Å². The van der Waals surface area contributed by atoms with Crippen LogP contribution in [-0.4, -0.2) is 17.7 Å². The summed E-state index contributed by atoms with van der Waals surface area (Å²) in [5, 5.41) is 8.89. The summed E-state index contributed by atoms with van der Waals surface area (Å²) in [4.78, 5) is 11.9. The van der Waals surface area contributed by atoms with Crippen molar-refractivity contribution >= 4 is 5.97 Å². The molecule has 3 nitrogen and oxygen atoms in total. The smallest absolute Gasteiger partial charge is 0.309 e. The molecule has 1 N–H and O–H groups in total. The monoisotopic (exact) mass is 248 g/mol. The number of hydrogen-bond donors (Lipinski definition) is 1. The Kier molecular flexibility index (Phi) is 4.76. The number of aliphatic hydroxyl groups excluding tert-OH is 1. The Hall–Kier alpha value is -1.35. The molecule has 3 heteroatoms. The average Bonchev–Trinajstić information content (AvgIpc) is 2.86. The minimum Gasteiger partial charge on any atom is -0.461 e. The van der Waals surface area contributed by atoms with Crippen molar-refractivity contribution in [3.8, 4) is 0 Å². The third kappa shape index (κ3) is 3.57. The van der Waals surface area contributed by atoms with Crippen LogP contribution in [0.5, 0.6) is 0 Å². The van der Waals surface area contributed by atoms with E-state index in [-0.39, 0.29) is 18.5 Å². The highest BCUT2D eigenvalue weighted by atomic mass is 16.5. The Balaban J connectivity index is 1.76. The van der Waals surface area contributed by atoms with Crippen LogP contribution in [0.3, 0.4) is 0 Å². The fourth-order valence-corrected chi connectivity index (χ4v) is 2.58. The van der Waals surface area contributed by atoms with Gasteiger partial charge in [0.15, 0.2) is 0 Å².